The molecule has 0 heterocycles. The van der Waals surface area contributed by atoms with Gasteiger partial charge in [-0.3, -0.25) is 0 Å². The first-order valence-corrected chi connectivity index (χ1v) is 47.4. The van der Waals surface area contributed by atoms with E-state index in [4.69, 9.17) is 39.5 Å². The van der Waals surface area contributed by atoms with Crippen molar-refractivity contribution in [3.8, 4) is 5.75 Å². The quantitative estimate of drug-likeness (QED) is 0.0480. The van der Waals surface area contributed by atoms with Gasteiger partial charge in [-0.05, 0) is 282 Å². The van der Waals surface area contributed by atoms with Crippen molar-refractivity contribution in [2.45, 2.75) is 228 Å². The van der Waals surface area contributed by atoms with Gasteiger partial charge >= 0.3 is 30.4 Å². The van der Waals surface area contributed by atoms with Crippen molar-refractivity contribution in [2.75, 3.05) is 20.8 Å². The molecule has 0 saturated heterocycles. The molecule has 0 saturated carbocycles. The molecule has 0 radical (unpaired) electrons. The van der Waals surface area contributed by atoms with Crippen LogP contribution in [0.5, 0.6) is 5.75 Å². The van der Waals surface area contributed by atoms with Gasteiger partial charge in [-0.2, -0.15) is 13.2 Å². The molecule has 0 spiro atoms. The van der Waals surface area contributed by atoms with E-state index in [1.807, 2.05) is 109 Å². The number of esters is 3. The largest absolute Gasteiger partial charge is 0.573 e. The zero-order valence-corrected chi connectivity index (χ0v) is 85.2. The van der Waals surface area contributed by atoms with Crippen molar-refractivity contribution >= 4 is 52.7 Å². The van der Waals surface area contributed by atoms with Crippen LogP contribution in [0.3, 0.4) is 0 Å². The zero-order chi connectivity index (χ0) is 101. The van der Waals surface area contributed by atoms with Gasteiger partial charge in [0.05, 0.1) is 43.1 Å². The highest BCUT2D eigenvalue weighted by Gasteiger charge is 2.33. The van der Waals surface area contributed by atoms with Gasteiger partial charge in [-0.25, -0.2) is 18.8 Å². The van der Waals surface area contributed by atoms with Crippen molar-refractivity contribution in [2.24, 2.45) is 0 Å². The number of methoxy groups -OCH3 is 2. The van der Waals surface area contributed by atoms with Gasteiger partial charge in [-0.1, -0.05) is 377 Å². The first-order chi connectivity index (χ1) is 64.4. The molecule has 13 aromatic carbocycles. The molecule has 135 heavy (non-hydrogen) atoms. The maximum atomic E-state index is 12.5. The van der Waals surface area contributed by atoms with E-state index in [1.54, 1.807) is 63.2 Å². The molecule has 0 atom stereocenters. The number of hydrogen-bond donors (Lipinski definition) is 0. The summed E-state index contributed by atoms with van der Waals surface area (Å²) in [4.78, 5) is 33.3. The van der Waals surface area contributed by atoms with Crippen molar-refractivity contribution < 1.29 is 64.1 Å². The highest BCUT2D eigenvalue weighted by Crippen LogP contribution is 2.33. The monoisotopic (exact) mass is 1910 g/mol. The first-order valence-electron chi connectivity index (χ1n) is 46.2. The minimum atomic E-state index is -4.61. The Morgan fingerprint density at radius 1 is 0.274 bits per heavy atom. The minimum Gasteiger partial charge on any atom is -0.465 e. The molecule has 17 heteroatoms. The predicted molar refractivity (Wildman–Crippen MR) is 555 cm³/mol. The van der Waals surface area contributed by atoms with E-state index in [2.05, 4.69) is 252 Å². The molecule has 0 N–H and O–H groups in total. The molecule has 0 unspecified atom stereocenters. The van der Waals surface area contributed by atoms with Crippen LogP contribution in [0.25, 0.3) is 0 Å². The molecule has 0 bridgehead atoms. The molecular weight excluding hydrogens is 1770 g/mol. The number of halogens is 10. The minimum absolute atomic E-state index is 0.113. The second-order valence-corrected chi connectivity index (χ2v) is 31.9. The maximum Gasteiger partial charge on any atom is 0.573 e. The van der Waals surface area contributed by atoms with Crippen LogP contribution < -0.4 is 4.74 Å². The van der Waals surface area contributed by atoms with E-state index in [0.29, 0.717) is 41.3 Å². The van der Waals surface area contributed by atoms with Crippen LogP contribution >= 0.6 is 34.8 Å². The Bertz CT molecular complexity index is 5060. The van der Waals surface area contributed by atoms with Gasteiger partial charge in [0.2, 0.25) is 0 Å². The number of para-hydroxylation sites is 1. The van der Waals surface area contributed by atoms with Crippen LogP contribution in [-0.2, 0) is 104 Å². The second kappa shape index (κ2) is 71.0. The standard InChI is InChI=1S/C11H14O2.2C10H12O2.C9H8F4.C9H9F3O.5C9H12.3C8H9Cl/c1-3-9-5-7-10(8-6-9)11(12)13-4-2;1-3-8-4-6-9(7-5-8)10(11)12-2;1-3-8-5-4-6-9(7-8)10(11)12-2;1-2-6-3-4-7(10)5-8(6)9(11,12)13;1-2-7-5-3-4-6-8(7)13-9(10,11)12;3*1-3-9-6-4-8(2)5-7-9;2*1-3-9-6-4-5-8(2)7-9;1-2-7-3-5-8(9)6-4-7;1-2-7-4-3-5-8(9)6-7;1-2-7-5-3-4-6-8(7)9/h5-8H,3-4H2,1-2H3;2*4-7H,3H2,1-2H3;3-5H,2H2,1H3;3-6H,2H2,1H3;5*4-7H,3H2,1-2H3;3*3-6H,2H2,1H3. The van der Waals surface area contributed by atoms with Gasteiger partial charge in [0.15, 0.2) is 0 Å². The van der Waals surface area contributed by atoms with E-state index in [1.165, 1.54) is 110 Å². The molecule has 0 aliphatic carbocycles. The average molecular weight is 1910 g/mol. The van der Waals surface area contributed by atoms with Crippen LogP contribution in [0, 0.1) is 40.4 Å². The Balaban J connectivity index is 0.000000733. The summed E-state index contributed by atoms with van der Waals surface area (Å²) in [5.74, 6) is -1.77. The first kappa shape index (κ1) is 121. The summed E-state index contributed by atoms with van der Waals surface area (Å²) in [5, 5.41) is 2.52. The molecule has 13 rings (SSSR count). The normalized spacial score (nSPS) is 9.95. The third-order valence-electron chi connectivity index (χ3n) is 20.3. The number of rotatable bonds is 18. The second-order valence-electron chi connectivity index (χ2n) is 30.6. The predicted octanol–water partition coefficient (Wildman–Crippen LogP) is 34.5. The summed E-state index contributed by atoms with van der Waals surface area (Å²) < 4.78 is 103. The lowest BCUT2D eigenvalue weighted by Crippen LogP contribution is -2.17. The van der Waals surface area contributed by atoms with Gasteiger partial charge < -0.3 is 18.9 Å². The smallest absolute Gasteiger partial charge is 0.465 e. The lowest BCUT2D eigenvalue weighted by atomic mass is 10.0. The fourth-order valence-electron chi connectivity index (χ4n) is 11.9. The van der Waals surface area contributed by atoms with Crippen LogP contribution in [0.2, 0.25) is 15.1 Å². The fraction of sp³-hybridized carbons (Fsp3) is 0.314. The Hall–Kier alpha value is -11.6. The number of aryl methyl sites for hydroxylation is 18. The molecule has 0 aliphatic rings. The van der Waals surface area contributed by atoms with E-state index >= 15 is 0 Å². The molecule has 0 aliphatic heterocycles. The van der Waals surface area contributed by atoms with Crippen LogP contribution in [0.1, 0.15) is 234 Å². The molecular formula is C118H142Cl3F7O7. The van der Waals surface area contributed by atoms with Gasteiger partial charge in [-0.15, -0.1) is 13.2 Å². The third kappa shape index (κ3) is 55.2. The molecule has 0 fully saturated rings. The van der Waals surface area contributed by atoms with E-state index in [0.717, 1.165) is 103 Å². The summed E-state index contributed by atoms with van der Waals surface area (Å²) >= 11 is 17.2. The van der Waals surface area contributed by atoms with Crippen LogP contribution in [-0.4, -0.2) is 45.1 Å². The summed E-state index contributed by atoms with van der Waals surface area (Å²) in [7, 11) is 2.77. The Labute approximate surface area is 818 Å². The van der Waals surface area contributed by atoms with E-state index in [-0.39, 0.29) is 35.6 Å². The lowest BCUT2D eigenvalue weighted by molar-refractivity contribution is -0.274. The van der Waals surface area contributed by atoms with Crippen LogP contribution in [0.4, 0.5) is 30.7 Å². The Morgan fingerprint density at radius 2 is 0.600 bits per heavy atom. The Morgan fingerprint density at radius 3 is 0.919 bits per heavy atom. The third-order valence-corrected chi connectivity index (χ3v) is 21.1. The topological polar surface area (TPSA) is 88.1 Å². The lowest BCUT2D eigenvalue weighted by Gasteiger charge is -2.11. The summed E-state index contributed by atoms with van der Waals surface area (Å²) in [6.45, 7) is 39.6. The summed E-state index contributed by atoms with van der Waals surface area (Å²) in [6.07, 6.45) is 3.46. The number of carbonyl (C=O) groups excluding carboxylic acids is 3. The van der Waals surface area contributed by atoms with Crippen molar-refractivity contribution in [1.29, 1.82) is 0 Å². The summed E-state index contributed by atoms with van der Waals surface area (Å²) in [5.41, 5.74) is 22.9. The van der Waals surface area contributed by atoms with E-state index < -0.39 is 23.9 Å². The number of hydrogen-bond acceptors (Lipinski definition) is 7. The van der Waals surface area contributed by atoms with Crippen LogP contribution in [0.15, 0.2) is 309 Å². The van der Waals surface area contributed by atoms with Gasteiger partial charge in [0, 0.05) is 15.1 Å². The number of alkyl halides is 6. The van der Waals surface area contributed by atoms with Crippen molar-refractivity contribution in [1.82, 2.24) is 0 Å². The molecule has 0 aromatic heterocycles. The molecule has 726 valence electrons. The SMILES string of the molecule is CCOC(=O)c1ccc(CC)cc1.CCc1ccc(C(=O)OC)cc1.CCc1ccc(C)cc1.CCc1ccc(C)cc1.CCc1ccc(C)cc1.CCc1ccc(Cl)cc1.CCc1ccc(F)cc1C(F)(F)F.CCc1cccc(C(=O)OC)c1.CCc1cccc(C)c1.CCc1cccc(C)c1.CCc1cccc(Cl)c1.CCc1ccccc1Cl.CCc1ccccc1OC(F)(F)F. The van der Waals surface area contributed by atoms with Crippen molar-refractivity contribution in [3.63, 3.8) is 0 Å². The maximum absolute atomic E-state index is 12.5. The fourth-order valence-corrected chi connectivity index (χ4v) is 12.5. The Kier molecular flexibility index (Phi) is 63.9. The summed E-state index contributed by atoms with van der Waals surface area (Å²) in [6, 6.07) is 98.2. The molecule has 0 amide bonds. The molecule has 7 nitrogen and oxygen atoms in total. The van der Waals surface area contributed by atoms with Gasteiger partial charge in [0.25, 0.3) is 0 Å². The zero-order valence-electron chi connectivity index (χ0n) is 83.0. The highest BCUT2D eigenvalue weighted by molar-refractivity contribution is 6.31. The van der Waals surface area contributed by atoms with Gasteiger partial charge in [0.1, 0.15) is 11.6 Å². The number of carbonyl (C=O) groups is 3. The van der Waals surface area contributed by atoms with Crippen molar-refractivity contribution in [3.05, 3.63) is 453 Å². The number of ether oxygens (including phenoxy) is 4. The van der Waals surface area contributed by atoms with E-state index in [9.17, 15) is 45.1 Å². The highest BCUT2D eigenvalue weighted by atomic mass is 35.5. The number of benzene rings is 13. The molecule has 13 aromatic rings. The average Bonchev–Trinajstić information content (AvgIpc) is 0.813.